The molecule has 108 valence electrons. The molecule has 0 saturated heterocycles. The maximum atomic E-state index is 13.7. The average molecular weight is 306 g/mol. The lowest BCUT2D eigenvalue weighted by molar-refractivity contribution is 0.400. The van der Waals surface area contributed by atoms with Gasteiger partial charge in [-0.1, -0.05) is 29.4 Å². The molecular formula is C14H11FN2O3S. The molecule has 0 bridgehead atoms. The van der Waals surface area contributed by atoms with Gasteiger partial charge in [0.1, 0.15) is 11.6 Å². The van der Waals surface area contributed by atoms with Crippen LogP contribution in [0.15, 0.2) is 51.9 Å². The van der Waals surface area contributed by atoms with Crippen molar-refractivity contribution in [2.75, 3.05) is 4.72 Å². The number of halogens is 1. The van der Waals surface area contributed by atoms with Gasteiger partial charge < -0.3 is 4.52 Å². The fraction of sp³-hybridized carbons (Fsp3) is 0.0714. The monoisotopic (exact) mass is 306 g/mol. The molecule has 0 atom stereocenters. The molecule has 0 unspecified atom stereocenters. The maximum Gasteiger partial charge on any atom is 0.263 e. The Labute approximate surface area is 120 Å². The summed E-state index contributed by atoms with van der Waals surface area (Å²) >= 11 is 0. The molecule has 5 nitrogen and oxygen atoms in total. The first-order valence-corrected chi connectivity index (χ1v) is 7.59. The second-order valence-electron chi connectivity index (χ2n) is 4.52. The van der Waals surface area contributed by atoms with Crippen molar-refractivity contribution in [1.82, 2.24) is 5.16 Å². The van der Waals surface area contributed by atoms with E-state index < -0.39 is 15.8 Å². The van der Waals surface area contributed by atoms with Gasteiger partial charge in [-0.3, -0.25) is 4.72 Å². The summed E-state index contributed by atoms with van der Waals surface area (Å²) < 4.78 is 45.7. The fourth-order valence-electron chi connectivity index (χ4n) is 2.08. The van der Waals surface area contributed by atoms with Crippen molar-refractivity contribution in [2.24, 2.45) is 0 Å². The summed E-state index contributed by atoms with van der Waals surface area (Å²) in [5.74, 6) is 0.0967. The minimum Gasteiger partial charge on any atom is -0.360 e. The second kappa shape index (κ2) is 4.85. The highest BCUT2D eigenvalue weighted by atomic mass is 32.2. The van der Waals surface area contributed by atoms with Crippen LogP contribution >= 0.6 is 0 Å². The number of aromatic nitrogens is 1. The molecule has 0 radical (unpaired) electrons. The lowest BCUT2D eigenvalue weighted by atomic mass is 10.1. The zero-order valence-electron chi connectivity index (χ0n) is 11.0. The molecule has 21 heavy (non-hydrogen) atoms. The van der Waals surface area contributed by atoms with E-state index in [2.05, 4.69) is 9.88 Å². The summed E-state index contributed by atoms with van der Waals surface area (Å²) in [5.41, 5.74) is 0. The van der Waals surface area contributed by atoms with Crippen molar-refractivity contribution < 1.29 is 17.3 Å². The van der Waals surface area contributed by atoms with Crippen LogP contribution in [0.25, 0.3) is 10.8 Å². The minimum absolute atomic E-state index is 0.0137. The van der Waals surface area contributed by atoms with Crippen LogP contribution in [-0.4, -0.2) is 13.6 Å². The van der Waals surface area contributed by atoms with Crippen molar-refractivity contribution in [3.05, 3.63) is 54.0 Å². The molecule has 0 amide bonds. The quantitative estimate of drug-likeness (QED) is 0.807. The van der Waals surface area contributed by atoms with Gasteiger partial charge in [0.25, 0.3) is 10.0 Å². The minimum atomic E-state index is -3.88. The van der Waals surface area contributed by atoms with E-state index in [4.69, 9.17) is 4.52 Å². The van der Waals surface area contributed by atoms with E-state index in [0.29, 0.717) is 11.1 Å². The zero-order valence-corrected chi connectivity index (χ0v) is 11.8. The molecule has 0 spiro atoms. The second-order valence-corrected chi connectivity index (χ2v) is 6.17. The van der Waals surface area contributed by atoms with Crippen LogP contribution in [0.5, 0.6) is 0 Å². The number of nitrogens with one attached hydrogen (secondary N) is 1. The van der Waals surface area contributed by atoms with Crippen LogP contribution < -0.4 is 4.72 Å². The van der Waals surface area contributed by atoms with Gasteiger partial charge in [-0.25, -0.2) is 12.8 Å². The predicted molar refractivity (Wildman–Crippen MR) is 76.0 cm³/mol. The van der Waals surface area contributed by atoms with Gasteiger partial charge in [-0.15, -0.1) is 0 Å². The Morgan fingerprint density at radius 3 is 2.52 bits per heavy atom. The number of sulfonamides is 1. The molecule has 0 saturated carbocycles. The van der Waals surface area contributed by atoms with Crippen LogP contribution in [0.2, 0.25) is 0 Å². The summed E-state index contributed by atoms with van der Waals surface area (Å²) in [6.45, 7) is 1.65. The number of nitrogens with zero attached hydrogens (tertiary/aromatic N) is 1. The van der Waals surface area contributed by atoms with Gasteiger partial charge in [0.2, 0.25) is 0 Å². The smallest absolute Gasteiger partial charge is 0.263 e. The highest BCUT2D eigenvalue weighted by molar-refractivity contribution is 7.93. The van der Waals surface area contributed by atoms with E-state index in [1.165, 1.54) is 18.2 Å². The Kier molecular flexibility index (Phi) is 3.13. The lowest BCUT2D eigenvalue weighted by Gasteiger charge is -2.09. The Morgan fingerprint density at radius 2 is 1.86 bits per heavy atom. The van der Waals surface area contributed by atoms with Crippen molar-refractivity contribution in [3.63, 3.8) is 0 Å². The summed E-state index contributed by atoms with van der Waals surface area (Å²) in [6.07, 6.45) is 0. The molecular weight excluding hydrogens is 295 g/mol. The molecule has 0 fully saturated rings. The lowest BCUT2D eigenvalue weighted by Crippen LogP contribution is -2.13. The van der Waals surface area contributed by atoms with Gasteiger partial charge in [-0.2, -0.15) is 0 Å². The van der Waals surface area contributed by atoms with E-state index in [1.54, 1.807) is 25.1 Å². The van der Waals surface area contributed by atoms with Gasteiger partial charge in [0, 0.05) is 16.8 Å². The summed E-state index contributed by atoms with van der Waals surface area (Å²) in [4.78, 5) is -0.0137. The molecule has 0 aliphatic rings. The molecule has 1 heterocycles. The van der Waals surface area contributed by atoms with Gasteiger partial charge in [0.15, 0.2) is 5.82 Å². The summed E-state index contributed by atoms with van der Waals surface area (Å²) in [7, 11) is -3.88. The van der Waals surface area contributed by atoms with Crippen molar-refractivity contribution in [2.45, 2.75) is 11.8 Å². The third kappa shape index (κ3) is 2.47. The SMILES string of the molecule is Cc1cc(NS(=O)(=O)c2ccc(F)c3ccccc23)no1. The number of rotatable bonds is 3. The topological polar surface area (TPSA) is 72.2 Å². The van der Waals surface area contributed by atoms with E-state index >= 15 is 0 Å². The standard InChI is InChI=1S/C14H11FN2O3S/c1-9-8-14(16-20-9)17-21(18,19)13-7-6-12(15)10-4-2-3-5-11(10)13/h2-8H,1H3,(H,16,17). The van der Waals surface area contributed by atoms with Gasteiger partial charge >= 0.3 is 0 Å². The summed E-state index contributed by atoms with van der Waals surface area (Å²) in [6, 6.07) is 10.2. The van der Waals surface area contributed by atoms with Gasteiger partial charge in [-0.05, 0) is 19.1 Å². The molecule has 7 heteroatoms. The molecule has 1 N–H and O–H groups in total. The third-order valence-corrected chi connectivity index (χ3v) is 4.40. The highest BCUT2D eigenvalue weighted by Gasteiger charge is 2.20. The first-order valence-electron chi connectivity index (χ1n) is 6.11. The fourth-order valence-corrected chi connectivity index (χ4v) is 3.27. The number of aryl methyl sites for hydroxylation is 1. The third-order valence-electron chi connectivity index (χ3n) is 2.99. The number of fused-ring (bicyclic) bond motifs is 1. The molecule has 2 aromatic carbocycles. The van der Waals surface area contributed by atoms with Crippen LogP contribution in [0.4, 0.5) is 10.2 Å². The van der Waals surface area contributed by atoms with Crippen LogP contribution in [-0.2, 0) is 10.0 Å². The van der Waals surface area contributed by atoms with E-state index in [1.807, 2.05) is 0 Å². The van der Waals surface area contributed by atoms with Crippen LogP contribution in [0.3, 0.4) is 0 Å². The van der Waals surface area contributed by atoms with Crippen LogP contribution in [0.1, 0.15) is 5.76 Å². The maximum absolute atomic E-state index is 13.7. The Balaban J connectivity index is 2.13. The average Bonchev–Trinajstić information content (AvgIpc) is 2.83. The highest BCUT2D eigenvalue weighted by Crippen LogP contribution is 2.26. The molecule has 1 aromatic heterocycles. The molecule has 0 aliphatic carbocycles. The number of hydrogen-bond acceptors (Lipinski definition) is 4. The van der Waals surface area contributed by atoms with Gasteiger partial charge in [0.05, 0.1) is 4.90 Å². The van der Waals surface area contributed by atoms with Crippen molar-refractivity contribution >= 4 is 26.6 Å². The molecule has 3 rings (SSSR count). The Morgan fingerprint density at radius 1 is 1.14 bits per heavy atom. The molecule has 0 aliphatic heterocycles. The first kappa shape index (κ1) is 13.6. The number of benzene rings is 2. The number of anilines is 1. The van der Waals surface area contributed by atoms with Crippen molar-refractivity contribution in [1.29, 1.82) is 0 Å². The normalized spacial score (nSPS) is 11.7. The number of hydrogen-bond donors (Lipinski definition) is 1. The van der Waals surface area contributed by atoms with Crippen molar-refractivity contribution in [3.8, 4) is 0 Å². The Bertz CT molecular complexity index is 919. The van der Waals surface area contributed by atoms with Crippen LogP contribution in [0, 0.1) is 12.7 Å². The Hall–Kier alpha value is -2.41. The van der Waals surface area contributed by atoms with E-state index in [9.17, 15) is 12.8 Å². The van der Waals surface area contributed by atoms with E-state index in [-0.39, 0.29) is 16.1 Å². The van der Waals surface area contributed by atoms with E-state index in [0.717, 1.165) is 6.07 Å². The summed E-state index contributed by atoms with van der Waals surface area (Å²) in [5, 5.41) is 4.14. The first-order chi connectivity index (χ1) is 9.97. The zero-order chi connectivity index (χ0) is 15.0. The molecule has 3 aromatic rings. The predicted octanol–water partition coefficient (Wildman–Crippen LogP) is 3.08. The largest absolute Gasteiger partial charge is 0.360 e.